The number of carbonyl (C=O) groups excluding carboxylic acids is 1. The van der Waals surface area contributed by atoms with Crippen LogP contribution >= 0.6 is 15.9 Å². The first-order valence-electron chi connectivity index (χ1n) is 8.55. The summed E-state index contributed by atoms with van der Waals surface area (Å²) < 4.78 is 11.9. The van der Waals surface area contributed by atoms with Crippen molar-refractivity contribution in [3.63, 3.8) is 0 Å². The van der Waals surface area contributed by atoms with E-state index in [2.05, 4.69) is 21.2 Å². The minimum atomic E-state index is -0.262. The van der Waals surface area contributed by atoms with Crippen LogP contribution in [0.25, 0.3) is 0 Å². The van der Waals surface area contributed by atoms with Crippen LogP contribution in [0, 0.1) is 0 Å². The fourth-order valence-electron chi connectivity index (χ4n) is 3.29. The van der Waals surface area contributed by atoms with Crippen LogP contribution in [0.1, 0.15) is 23.6 Å². The van der Waals surface area contributed by atoms with Crippen molar-refractivity contribution in [2.45, 2.75) is 19.4 Å². The van der Waals surface area contributed by atoms with Crippen molar-refractivity contribution < 1.29 is 14.3 Å². The number of nitrogen functional groups attached to an aromatic ring is 1. The third kappa shape index (κ3) is 3.10. The van der Waals surface area contributed by atoms with Gasteiger partial charge in [-0.3, -0.25) is 0 Å². The Morgan fingerprint density at radius 2 is 2.04 bits per heavy atom. The molecule has 0 saturated heterocycles. The lowest BCUT2D eigenvalue weighted by molar-refractivity contribution is 0.174. The van der Waals surface area contributed by atoms with Gasteiger partial charge >= 0.3 is 6.03 Å². The van der Waals surface area contributed by atoms with Crippen molar-refractivity contribution >= 4 is 33.4 Å². The Balaban J connectivity index is 1.93. The highest BCUT2D eigenvalue weighted by atomic mass is 79.9. The molecule has 3 N–H and O–H groups in total. The number of nitrogens with one attached hydrogen (secondary N) is 1. The fraction of sp³-hybridized carbons (Fsp3) is 0.263. The van der Waals surface area contributed by atoms with Gasteiger partial charge in [0.2, 0.25) is 6.79 Å². The fourth-order valence-corrected chi connectivity index (χ4v) is 3.66. The first-order chi connectivity index (χ1) is 13.0. The minimum absolute atomic E-state index is 0.126. The molecule has 2 heterocycles. The lowest BCUT2D eigenvalue weighted by atomic mass is 9.94. The second-order valence-corrected chi connectivity index (χ2v) is 7.35. The molecule has 4 rings (SSSR count). The SMILES string of the molecule is CNC(=O)N1N=C(c2ccc(N)c(Br)c2)c2cc3c(cc2CC1C)OCO3. The average molecular weight is 431 g/mol. The molecule has 7 nitrogen and oxygen atoms in total. The summed E-state index contributed by atoms with van der Waals surface area (Å²) in [6.07, 6.45) is 0.641. The van der Waals surface area contributed by atoms with Gasteiger partial charge in [0.25, 0.3) is 0 Å². The monoisotopic (exact) mass is 430 g/mol. The van der Waals surface area contributed by atoms with Crippen molar-refractivity contribution in [3.05, 3.63) is 51.5 Å². The summed E-state index contributed by atoms with van der Waals surface area (Å²) in [6.45, 7) is 2.17. The topological polar surface area (TPSA) is 89.2 Å². The zero-order valence-corrected chi connectivity index (χ0v) is 16.5. The Bertz CT molecular complexity index is 960. The molecule has 0 fully saturated rings. The average Bonchev–Trinajstić information content (AvgIpc) is 3.05. The number of nitrogens with two attached hydrogens (primary N) is 1. The minimum Gasteiger partial charge on any atom is -0.454 e. The Morgan fingerprint density at radius 1 is 1.30 bits per heavy atom. The quantitative estimate of drug-likeness (QED) is 0.680. The molecule has 2 aliphatic heterocycles. The first kappa shape index (κ1) is 17.7. The molecular weight excluding hydrogens is 412 g/mol. The van der Waals surface area contributed by atoms with Gasteiger partial charge in [-0.2, -0.15) is 5.10 Å². The second-order valence-electron chi connectivity index (χ2n) is 6.50. The molecule has 0 saturated carbocycles. The first-order valence-corrected chi connectivity index (χ1v) is 9.35. The van der Waals surface area contributed by atoms with Gasteiger partial charge in [0.15, 0.2) is 11.5 Å². The largest absolute Gasteiger partial charge is 0.454 e. The maximum Gasteiger partial charge on any atom is 0.337 e. The van der Waals surface area contributed by atoms with Crippen LogP contribution in [0.2, 0.25) is 0 Å². The molecule has 0 radical (unpaired) electrons. The van der Waals surface area contributed by atoms with Crippen LogP contribution in [0.3, 0.4) is 0 Å². The van der Waals surface area contributed by atoms with E-state index in [0.29, 0.717) is 29.3 Å². The van der Waals surface area contributed by atoms with Crippen molar-refractivity contribution in [2.75, 3.05) is 19.6 Å². The molecule has 0 bridgehead atoms. The number of urea groups is 1. The highest BCUT2D eigenvalue weighted by Crippen LogP contribution is 2.38. The van der Waals surface area contributed by atoms with Crippen LogP contribution in [-0.2, 0) is 6.42 Å². The number of hydrogen-bond donors (Lipinski definition) is 2. The highest BCUT2D eigenvalue weighted by Gasteiger charge is 2.29. The molecule has 2 aliphatic rings. The Hall–Kier alpha value is -2.74. The van der Waals surface area contributed by atoms with Gasteiger partial charge < -0.3 is 20.5 Å². The zero-order chi connectivity index (χ0) is 19.1. The van der Waals surface area contributed by atoms with E-state index in [1.165, 1.54) is 5.01 Å². The van der Waals surface area contributed by atoms with Gasteiger partial charge in [-0.05, 0) is 59.1 Å². The number of halogens is 1. The van der Waals surface area contributed by atoms with Gasteiger partial charge in [-0.15, -0.1) is 0 Å². The van der Waals surface area contributed by atoms with Crippen LogP contribution in [-0.4, -0.2) is 36.6 Å². The van der Waals surface area contributed by atoms with Crippen LogP contribution in [0.15, 0.2) is 39.9 Å². The standard InChI is InChI=1S/C19H19BrN4O3/c1-10-5-12-7-16-17(27-9-26-16)8-13(12)18(23-24(10)19(25)22-2)11-3-4-15(21)14(20)6-11/h3-4,6-8,10H,5,9,21H2,1-2H3,(H,22,25). The third-order valence-corrected chi connectivity index (χ3v) is 5.38. The van der Waals surface area contributed by atoms with E-state index in [1.54, 1.807) is 7.05 Å². The van der Waals surface area contributed by atoms with Crippen molar-refractivity contribution in [2.24, 2.45) is 5.10 Å². The number of hydrazone groups is 1. The van der Waals surface area contributed by atoms with Crippen LogP contribution < -0.4 is 20.5 Å². The summed E-state index contributed by atoms with van der Waals surface area (Å²) >= 11 is 3.47. The normalized spacial score (nSPS) is 17.8. The molecule has 2 aromatic carbocycles. The number of anilines is 1. The lowest BCUT2D eigenvalue weighted by Gasteiger charge is -2.22. The predicted octanol–water partition coefficient (Wildman–Crippen LogP) is 3.10. The molecule has 8 heteroatoms. The molecule has 0 aromatic heterocycles. The van der Waals surface area contributed by atoms with Gasteiger partial charge in [0, 0.05) is 28.3 Å². The van der Waals surface area contributed by atoms with Gasteiger partial charge in [0.1, 0.15) is 0 Å². The molecule has 2 amide bonds. The molecule has 1 atom stereocenters. The van der Waals surface area contributed by atoms with E-state index in [1.807, 2.05) is 37.3 Å². The molecule has 1 unspecified atom stereocenters. The third-order valence-electron chi connectivity index (χ3n) is 4.69. The Labute approximate surface area is 165 Å². The van der Waals surface area contributed by atoms with E-state index in [9.17, 15) is 4.79 Å². The number of rotatable bonds is 1. The molecule has 2 aromatic rings. The summed E-state index contributed by atoms with van der Waals surface area (Å²) in [5, 5.41) is 8.85. The van der Waals surface area contributed by atoms with E-state index >= 15 is 0 Å². The van der Waals surface area contributed by atoms with Gasteiger partial charge in [0.05, 0.1) is 11.8 Å². The second kappa shape index (κ2) is 6.77. The maximum absolute atomic E-state index is 12.4. The Morgan fingerprint density at radius 3 is 2.74 bits per heavy atom. The van der Waals surface area contributed by atoms with Crippen molar-refractivity contribution in [1.82, 2.24) is 10.3 Å². The number of amides is 2. The number of nitrogens with zero attached hydrogens (tertiary/aromatic N) is 2. The molecular formula is C19H19BrN4O3. The maximum atomic E-state index is 12.4. The zero-order valence-electron chi connectivity index (χ0n) is 15.0. The summed E-state index contributed by atoms with van der Waals surface area (Å²) in [6, 6.07) is 9.13. The number of fused-ring (bicyclic) bond motifs is 2. The van der Waals surface area contributed by atoms with Crippen molar-refractivity contribution in [1.29, 1.82) is 0 Å². The molecule has 0 aliphatic carbocycles. The Kier molecular flexibility index (Phi) is 4.43. The number of carbonyl (C=O) groups is 1. The number of benzene rings is 2. The van der Waals surface area contributed by atoms with E-state index in [0.717, 1.165) is 21.2 Å². The molecule has 140 valence electrons. The van der Waals surface area contributed by atoms with Gasteiger partial charge in [-0.1, -0.05) is 6.07 Å². The van der Waals surface area contributed by atoms with Gasteiger partial charge in [-0.25, -0.2) is 9.80 Å². The van der Waals surface area contributed by atoms with E-state index in [4.69, 9.17) is 20.3 Å². The summed E-state index contributed by atoms with van der Waals surface area (Å²) in [7, 11) is 1.60. The van der Waals surface area contributed by atoms with Crippen LogP contribution in [0.4, 0.5) is 10.5 Å². The number of ether oxygens (including phenoxy) is 2. The van der Waals surface area contributed by atoms with Crippen LogP contribution in [0.5, 0.6) is 11.5 Å². The highest BCUT2D eigenvalue weighted by molar-refractivity contribution is 9.10. The van der Waals surface area contributed by atoms with Crippen molar-refractivity contribution in [3.8, 4) is 11.5 Å². The summed E-state index contributed by atoms with van der Waals surface area (Å²) in [5.74, 6) is 1.39. The van der Waals surface area contributed by atoms with E-state index in [-0.39, 0.29) is 18.9 Å². The molecule has 27 heavy (non-hydrogen) atoms. The molecule has 0 spiro atoms. The lowest BCUT2D eigenvalue weighted by Crippen LogP contribution is -2.41. The smallest absolute Gasteiger partial charge is 0.337 e. The summed E-state index contributed by atoms with van der Waals surface area (Å²) in [4.78, 5) is 12.4. The number of hydrogen-bond acceptors (Lipinski definition) is 5. The van der Waals surface area contributed by atoms with E-state index < -0.39 is 0 Å². The summed E-state index contributed by atoms with van der Waals surface area (Å²) in [5.41, 5.74) is 10.1. The predicted molar refractivity (Wildman–Crippen MR) is 106 cm³/mol.